The molecule has 0 aliphatic carbocycles. The highest BCUT2D eigenvalue weighted by Gasteiger charge is 2.03. The fourth-order valence-electron chi connectivity index (χ4n) is 2.80. The Morgan fingerprint density at radius 3 is 1.85 bits per heavy atom. The van der Waals surface area contributed by atoms with Crippen LogP contribution in [0.25, 0.3) is 0 Å². The van der Waals surface area contributed by atoms with E-state index in [0.29, 0.717) is 0 Å². The third-order valence-corrected chi connectivity index (χ3v) is 4.40. The van der Waals surface area contributed by atoms with Gasteiger partial charge in [-0.05, 0) is 25.2 Å². The molecule has 1 atom stereocenters. The zero-order valence-corrected chi connectivity index (χ0v) is 14.6. The highest BCUT2D eigenvalue weighted by atomic mass is 14.1. The maximum atomic E-state index is 2.46. The van der Waals surface area contributed by atoms with E-state index in [1.165, 1.54) is 89.9 Å². The van der Waals surface area contributed by atoms with Crippen LogP contribution in [0.3, 0.4) is 0 Å². The van der Waals surface area contributed by atoms with Crippen molar-refractivity contribution in [3.8, 4) is 0 Å². The third kappa shape index (κ3) is 14.2. The van der Waals surface area contributed by atoms with E-state index in [1.807, 2.05) is 0 Å². The molecule has 0 saturated carbocycles. The Balaban J connectivity index is 3.43. The van der Waals surface area contributed by atoms with Crippen molar-refractivity contribution in [3.63, 3.8) is 0 Å². The first-order chi connectivity index (χ1) is 9.85. The Morgan fingerprint density at radius 1 is 0.650 bits per heavy atom. The summed E-state index contributed by atoms with van der Waals surface area (Å²) in [6.45, 7) is 6.93. The summed E-state index contributed by atoms with van der Waals surface area (Å²) in [7, 11) is 0. The highest BCUT2D eigenvalue weighted by molar-refractivity contribution is 4.83. The van der Waals surface area contributed by atoms with E-state index in [9.17, 15) is 0 Å². The van der Waals surface area contributed by atoms with Crippen LogP contribution in [0.4, 0.5) is 0 Å². The summed E-state index contributed by atoms with van der Waals surface area (Å²) in [4.78, 5) is 0. The second kappa shape index (κ2) is 16.8. The van der Waals surface area contributed by atoms with Crippen LogP contribution < -0.4 is 0 Å². The van der Waals surface area contributed by atoms with Gasteiger partial charge in [-0.25, -0.2) is 0 Å². The van der Waals surface area contributed by atoms with E-state index >= 15 is 0 Å². The van der Waals surface area contributed by atoms with Crippen LogP contribution in [0, 0.1) is 5.92 Å². The SMILES string of the molecule is CCCCCCC/C=C\CC(CC)CCCCCCC. The van der Waals surface area contributed by atoms with Gasteiger partial charge in [-0.1, -0.05) is 104 Å². The smallest absolute Gasteiger partial charge is 0.0322 e. The molecule has 0 bridgehead atoms. The minimum absolute atomic E-state index is 0.938. The van der Waals surface area contributed by atoms with Gasteiger partial charge >= 0.3 is 0 Å². The molecule has 0 saturated heterocycles. The van der Waals surface area contributed by atoms with E-state index in [1.54, 1.807) is 0 Å². The molecule has 0 heteroatoms. The lowest BCUT2D eigenvalue weighted by atomic mass is 9.94. The van der Waals surface area contributed by atoms with Gasteiger partial charge in [0.05, 0.1) is 0 Å². The fraction of sp³-hybridized carbons (Fsp3) is 0.900. The topological polar surface area (TPSA) is 0 Å². The van der Waals surface area contributed by atoms with Crippen LogP contribution >= 0.6 is 0 Å². The normalized spacial score (nSPS) is 13.2. The van der Waals surface area contributed by atoms with E-state index < -0.39 is 0 Å². The summed E-state index contributed by atoms with van der Waals surface area (Å²) in [5, 5.41) is 0. The third-order valence-electron chi connectivity index (χ3n) is 4.40. The van der Waals surface area contributed by atoms with Crippen LogP contribution in [0.15, 0.2) is 12.2 Å². The fourth-order valence-corrected chi connectivity index (χ4v) is 2.80. The molecule has 0 radical (unpaired) electrons. The largest absolute Gasteiger partial charge is 0.0885 e. The van der Waals surface area contributed by atoms with Gasteiger partial charge in [-0.2, -0.15) is 0 Å². The number of allylic oxidation sites excluding steroid dienone is 2. The first kappa shape index (κ1) is 19.7. The van der Waals surface area contributed by atoms with Gasteiger partial charge in [0.1, 0.15) is 0 Å². The minimum atomic E-state index is 0.938. The molecular formula is C20H40. The van der Waals surface area contributed by atoms with Crippen LogP contribution in [-0.4, -0.2) is 0 Å². The van der Waals surface area contributed by atoms with E-state index in [2.05, 4.69) is 32.9 Å². The second-order valence-corrected chi connectivity index (χ2v) is 6.39. The first-order valence-electron chi connectivity index (χ1n) is 9.50. The summed E-state index contributed by atoms with van der Waals surface area (Å²) >= 11 is 0. The second-order valence-electron chi connectivity index (χ2n) is 6.39. The molecule has 0 fully saturated rings. The number of hydrogen-bond acceptors (Lipinski definition) is 0. The molecule has 0 amide bonds. The summed E-state index contributed by atoms with van der Waals surface area (Å²) in [6, 6.07) is 0. The average Bonchev–Trinajstić information content (AvgIpc) is 2.47. The predicted octanol–water partition coefficient (Wildman–Crippen LogP) is 7.68. The van der Waals surface area contributed by atoms with Crippen LogP contribution in [0.2, 0.25) is 0 Å². The molecular weight excluding hydrogens is 240 g/mol. The lowest BCUT2D eigenvalue weighted by Gasteiger charge is -2.12. The number of unbranched alkanes of at least 4 members (excludes halogenated alkanes) is 9. The Hall–Kier alpha value is -0.260. The van der Waals surface area contributed by atoms with E-state index in [0.717, 1.165) is 5.92 Å². The van der Waals surface area contributed by atoms with Gasteiger partial charge in [0.15, 0.2) is 0 Å². The summed E-state index contributed by atoms with van der Waals surface area (Å²) in [5.74, 6) is 0.938. The molecule has 0 nitrogen and oxygen atoms in total. The van der Waals surface area contributed by atoms with Gasteiger partial charge in [-0.3, -0.25) is 0 Å². The Kier molecular flexibility index (Phi) is 16.6. The molecule has 0 spiro atoms. The monoisotopic (exact) mass is 280 g/mol. The molecule has 0 aliphatic rings. The van der Waals surface area contributed by atoms with Crippen LogP contribution in [0.1, 0.15) is 111 Å². The van der Waals surface area contributed by atoms with Gasteiger partial charge in [0.2, 0.25) is 0 Å². The molecule has 0 rings (SSSR count). The molecule has 0 aromatic heterocycles. The van der Waals surface area contributed by atoms with Crippen molar-refractivity contribution < 1.29 is 0 Å². The lowest BCUT2D eigenvalue weighted by molar-refractivity contribution is 0.443. The quantitative estimate of drug-likeness (QED) is 0.213. The molecule has 0 heterocycles. The maximum Gasteiger partial charge on any atom is -0.0322 e. The van der Waals surface area contributed by atoms with Crippen LogP contribution in [0.5, 0.6) is 0 Å². The molecule has 0 aromatic carbocycles. The zero-order chi connectivity index (χ0) is 14.9. The maximum absolute atomic E-state index is 2.46. The molecule has 0 N–H and O–H groups in total. The van der Waals surface area contributed by atoms with Crippen LogP contribution in [-0.2, 0) is 0 Å². The number of hydrogen-bond donors (Lipinski definition) is 0. The minimum Gasteiger partial charge on any atom is -0.0885 e. The zero-order valence-electron chi connectivity index (χ0n) is 14.6. The van der Waals surface area contributed by atoms with Gasteiger partial charge in [0, 0.05) is 0 Å². The van der Waals surface area contributed by atoms with E-state index in [4.69, 9.17) is 0 Å². The molecule has 120 valence electrons. The molecule has 0 aromatic rings. The summed E-state index contributed by atoms with van der Waals surface area (Å²) in [6.07, 6.45) is 24.5. The van der Waals surface area contributed by atoms with Crippen molar-refractivity contribution in [2.45, 2.75) is 111 Å². The molecule has 1 unspecified atom stereocenters. The summed E-state index contributed by atoms with van der Waals surface area (Å²) in [5.41, 5.74) is 0. The van der Waals surface area contributed by atoms with Gasteiger partial charge < -0.3 is 0 Å². The molecule has 20 heavy (non-hydrogen) atoms. The van der Waals surface area contributed by atoms with Crippen molar-refractivity contribution in [1.29, 1.82) is 0 Å². The van der Waals surface area contributed by atoms with Crippen molar-refractivity contribution >= 4 is 0 Å². The van der Waals surface area contributed by atoms with Crippen molar-refractivity contribution in [2.75, 3.05) is 0 Å². The average molecular weight is 281 g/mol. The lowest BCUT2D eigenvalue weighted by Crippen LogP contribution is -1.97. The highest BCUT2D eigenvalue weighted by Crippen LogP contribution is 2.19. The van der Waals surface area contributed by atoms with Crippen molar-refractivity contribution in [3.05, 3.63) is 12.2 Å². The molecule has 0 aliphatic heterocycles. The van der Waals surface area contributed by atoms with E-state index in [-0.39, 0.29) is 0 Å². The summed E-state index contributed by atoms with van der Waals surface area (Å²) < 4.78 is 0. The van der Waals surface area contributed by atoms with Gasteiger partial charge in [0.25, 0.3) is 0 Å². The van der Waals surface area contributed by atoms with Crippen molar-refractivity contribution in [2.24, 2.45) is 5.92 Å². The van der Waals surface area contributed by atoms with Crippen molar-refractivity contribution in [1.82, 2.24) is 0 Å². The first-order valence-corrected chi connectivity index (χ1v) is 9.50. The van der Waals surface area contributed by atoms with Gasteiger partial charge in [-0.15, -0.1) is 0 Å². The Labute approximate surface area is 129 Å². The predicted molar refractivity (Wildman–Crippen MR) is 94.3 cm³/mol. The number of rotatable bonds is 15. The standard InChI is InChI=1S/C20H40/c1-4-7-9-11-12-13-15-17-19-20(6-3)18-16-14-10-8-5-2/h15,17,20H,4-14,16,18-19H2,1-3H3/b17-15-. The Bertz CT molecular complexity index is 192. The Morgan fingerprint density at radius 2 is 1.25 bits per heavy atom.